The number of carbonyl (C=O) groups is 3. The molecule has 0 aliphatic rings. The van der Waals surface area contributed by atoms with E-state index in [1.807, 2.05) is 24.3 Å². The fourth-order valence-corrected chi connectivity index (χ4v) is 2.72. The molecule has 0 heterocycles. The molecule has 0 fully saturated rings. The molecule has 6 heteroatoms. The van der Waals surface area contributed by atoms with Crippen LogP contribution in [-0.2, 0) is 11.3 Å². The molecule has 2 amide bonds. The van der Waals surface area contributed by atoms with Gasteiger partial charge in [-0.3, -0.25) is 14.4 Å². The number of hydrogen-bond donors (Lipinski definition) is 2. The molecule has 0 radical (unpaired) electrons. The van der Waals surface area contributed by atoms with Crippen LogP contribution in [0.2, 0.25) is 0 Å². The molecule has 0 aromatic heterocycles. The third-order valence-corrected chi connectivity index (χ3v) is 4.10. The average molecular weight is 388 g/mol. The number of esters is 1. The average Bonchev–Trinajstić information content (AvgIpc) is 2.73. The number of ether oxygens (including phenoxy) is 1. The number of rotatable bonds is 6. The van der Waals surface area contributed by atoms with Crippen LogP contribution in [-0.4, -0.2) is 17.8 Å². The van der Waals surface area contributed by atoms with Crippen molar-refractivity contribution in [3.05, 3.63) is 95.6 Å². The summed E-state index contributed by atoms with van der Waals surface area (Å²) in [5, 5.41) is 5.69. The topological polar surface area (TPSA) is 84.5 Å². The fraction of sp³-hybridized carbons (Fsp3) is 0.0870. The smallest absolute Gasteiger partial charge is 0.308 e. The molecular formula is C23H20N2O4. The number of hydrogen-bond acceptors (Lipinski definition) is 4. The summed E-state index contributed by atoms with van der Waals surface area (Å²) < 4.78 is 5.01. The van der Waals surface area contributed by atoms with Gasteiger partial charge in [0, 0.05) is 30.3 Å². The van der Waals surface area contributed by atoms with Crippen molar-refractivity contribution in [2.24, 2.45) is 0 Å². The number of amides is 2. The molecule has 0 aliphatic heterocycles. The van der Waals surface area contributed by atoms with Crippen LogP contribution in [0.5, 0.6) is 5.75 Å². The van der Waals surface area contributed by atoms with Gasteiger partial charge in [0.1, 0.15) is 5.75 Å². The quantitative estimate of drug-likeness (QED) is 0.497. The molecule has 29 heavy (non-hydrogen) atoms. The van der Waals surface area contributed by atoms with E-state index in [4.69, 9.17) is 4.74 Å². The minimum absolute atomic E-state index is 0.224. The number of carbonyl (C=O) groups excluding carboxylic acids is 3. The summed E-state index contributed by atoms with van der Waals surface area (Å²) in [6.07, 6.45) is 0. The molecule has 3 aromatic carbocycles. The van der Waals surface area contributed by atoms with Crippen molar-refractivity contribution in [3.8, 4) is 5.75 Å². The van der Waals surface area contributed by atoms with Crippen molar-refractivity contribution in [2.75, 3.05) is 5.32 Å². The third kappa shape index (κ3) is 5.52. The van der Waals surface area contributed by atoms with Crippen molar-refractivity contribution < 1.29 is 19.1 Å². The summed E-state index contributed by atoms with van der Waals surface area (Å²) in [7, 11) is 0. The minimum Gasteiger partial charge on any atom is -0.427 e. The molecule has 0 bridgehead atoms. The van der Waals surface area contributed by atoms with Gasteiger partial charge in [-0.25, -0.2) is 0 Å². The molecule has 0 spiro atoms. The Balaban J connectivity index is 1.67. The van der Waals surface area contributed by atoms with Crippen LogP contribution in [0.4, 0.5) is 5.69 Å². The molecule has 3 rings (SSSR count). The first kappa shape index (κ1) is 19.8. The number of nitrogens with one attached hydrogen (secondary N) is 2. The maximum absolute atomic E-state index is 12.5. The summed E-state index contributed by atoms with van der Waals surface area (Å²) in [5.74, 6) is -0.687. The lowest BCUT2D eigenvalue weighted by Gasteiger charge is -2.12. The van der Waals surface area contributed by atoms with Crippen LogP contribution in [0.25, 0.3) is 0 Å². The summed E-state index contributed by atoms with van der Waals surface area (Å²) in [6, 6.07) is 22.5. The van der Waals surface area contributed by atoms with Crippen LogP contribution < -0.4 is 15.4 Å². The van der Waals surface area contributed by atoms with E-state index in [1.165, 1.54) is 13.0 Å². The Morgan fingerprint density at radius 3 is 2.24 bits per heavy atom. The van der Waals surface area contributed by atoms with Gasteiger partial charge >= 0.3 is 5.97 Å². The molecule has 2 N–H and O–H groups in total. The molecule has 0 saturated carbocycles. The predicted molar refractivity (Wildman–Crippen MR) is 110 cm³/mol. The predicted octanol–water partition coefficient (Wildman–Crippen LogP) is 3.79. The molecule has 0 unspecified atom stereocenters. The second-order valence-corrected chi connectivity index (χ2v) is 6.28. The molecule has 0 saturated heterocycles. The Morgan fingerprint density at radius 1 is 0.793 bits per heavy atom. The lowest BCUT2D eigenvalue weighted by atomic mass is 10.1. The van der Waals surface area contributed by atoms with Gasteiger partial charge in [-0.1, -0.05) is 42.5 Å². The Hall–Kier alpha value is -3.93. The van der Waals surface area contributed by atoms with E-state index in [2.05, 4.69) is 10.6 Å². The van der Waals surface area contributed by atoms with E-state index < -0.39 is 5.97 Å². The van der Waals surface area contributed by atoms with E-state index in [9.17, 15) is 14.4 Å². The molecule has 6 nitrogen and oxygen atoms in total. The van der Waals surface area contributed by atoms with E-state index in [0.29, 0.717) is 22.6 Å². The largest absolute Gasteiger partial charge is 0.427 e. The van der Waals surface area contributed by atoms with Gasteiger partial charge < -0.3 is 15.4 Å². The molecular weight excluding hydrogens is 368 g/mol. The summed E-state index contributed by atoms with van der Waals surface area (Å²) in [6.45, 7) is 1.52. The van der Waals surface area contributed by atoms with Gasteiger partial charge in [-0.2, -0.15) is 0 Å². The van der Waals surface area contributed by atoms with E-state index in [-0.39, 0.29) is 18.4 Å². The highest BCUT2D eigenvalue weighted by atomic mass is 16.5. The SMILES string of the molecule is CC(=O)Oc1cccc(C(=O)NCc2ccccc2NC(=O)c2ccccc2)c1. The van der Waals surface area contributed by atoms with E-state index in [1.54, 1.807) is 48.5 Å². The monoisotopic (exact) mass is 388 g/mol. The number of benzene rings is 3. The number of para-hydroxylation sites is 1. The van der Waals surface area contributed by atoms with Crippen molar-refractivity contribution in [1.82, 2.24) is 5.32 Å². The first-order chi connectivity index (χ1) is 14.0. The molecule has 3 aromatic rings. The molecule has 0 aliphatic carbocycles. The Labute approximate surface area is 168 Å². The zero-order valence-corrected chi connectivity index (χ0v) is 15.8. The van der Waals surface area contributed by atoms with E-state index in [0.717, 1.165) is 5.56 Å². The number of anilines is 1. The van der Waals surface area contributed by atoms with Crippen LogP contribution in [0.15, 0.2) is 78.9 Å². The van der Waals surface area contributed by atoms with Crippen molar-refractivity contribution in [3.63, 3.8) is 0 Å². The summed E-state index contributed by atoms with van der Waals surface area (Å²) in [4.78, 5) is 36.0. The van der Waals surface area contributed by atoms with Gasteiger partial charge in [0.2, 0.25) is 0 Å². The molecule has 146 valence electrons. The first-order valence-electron chi connectivity index (χ1n) is 9.04. The van der Waals surface area contributed by atoms with Gasteiger partial charge in [0.05, 0.1) is 0 Å². The second-order valence-electron chi connectivity index (χ2n) is 6.28. The molecule has 0 atom stereocenters. The lowest BCUT2D eigenvalue weighted by Crippen LogP contribution is -2.24. The van der Waals surface area contributed by atoms with Gasteiger partial charge in [0.25, 0.3) is 11.8 Å². The zero-order chi connectivity index (χ0) is 20.6. The maximum Gasteiger partial charge on any atom is 0.308 e. The fourth-order valence-electron chi connectivity index (χ4n) is 2.72. The van der Waals surface area contributed by atoms with Crippen molar-refractivity contribution >= 4 is 23.5 Å². The van der Waals surface area contributed by atoms with Crippen LogP contribution in [0.1, 0.15) is 33.2 Å². The highest BCUT2D eigenvalue weighted by Crippen LogP contribution is 2.17. The standard InChI is InChI=1S/C23H20N2O4/c1-16(26)29-20-12-7-11-18(14-20)22(27)24-15-19-10-5-6-13-21(19)25-23(28)17-8-3-2-4-9-17/h2-14H,15H2,1H3,(H,24,27)(H,25,28). The summed E-state index contributed by atoms with van der Waals surface area (Å²) >= 11 is 0. The van der Waals surface area contributed by atoms with E-state index >= 15 is 0 Å². The van der Waals surface area contributed by atoms with Crippen molar-refractivity contribution in [2.45, 2.75) is 13.5 Å². The Kier molecular flexibility index (Phi) is 6.37. The second kappa shape index (κ2) is 9.32. The lowest BCUT2D eigenvalue weighted by molar-refractivity contribution is -0.131. The van der Waals surface area contributed by atoms with Crippen LogP contribution in [0.3, 0.4) is 0 Å². The van der Waals surface area contributed by atoms with Gasteiger partial charge in [-0.05, 0) is 42.0 Å². The van der Waals surface area contributed by atoms with Gasteiger partial charge in [-0.15, -0.1) is 0 Å². The highest BCUT2D eigenvalue weighted by Gasteiger charge is 2.11. The van der Waals surface area contributed by atoms with Crippen LogP contribution >= 0.6 is 0 Å². The van der Waals surface area contributed by atoms with Crippen LogP contribution in [0, 0.1) is 0 Å². The third-order valence-electron chi connectivity index (χ3n) is 4.10. The Morgan fingerprint density at radius 2 is 1.48 bits per heavy atom. The van der Waals surface area contributed by atoms with Gasteiger partial charge in [0.15, 0.2) is 0 Å². The normalized spacial score (nSPS) is 10.1. The Bertz CT molecular complexity index is 1030. The zero-order valence-electron chi connectivity index (χ0n) is 15.8. The first-order valence-corrected chi connectivity index (χ1v) is 9.04. The minimum atomic E-state index is -0.453. The maximum atomic E-state index is 12.5. The van der Waals surface area contributed by atoms with Crippen molar-refractivity contribution in [1.29, 1.82) is 0 Å². The highest BCUT2D eigenvalue weighted by molar-refractivity contribution is 6.04. The summed E-state index contributed by atoms with van der Waals surface area (Å²) in [5.41, 5.74) is 2.31.